The lowest BCUT2D eigenvalue weighted by atomic mass is 10.1. The largest absolute Gasteiger partial charge is 0.493 e. The highest BCUT2D eigenvalue weighted by molar-refractivity contribution is 14.1. The number of hydrogen-bond donors (Lipinski definition) is 1. The molecule has 1 heterocycles. The van der Waals surface area contributed by atoms with Crippen molar-refractivity contribution in [1.82, 2.24) is 10.3 Å². The summed E-state index contributed by atoms with van der Waals surface area (Å²) in [5.41, 5.74) is 1.41. The number of nitrogens with one attached hydrogen (secondary N) is 1. The zero-order valence-electron chi connectivity index (χ0n) is 15.5. The number of halogens is 1. The van der Waals surface area contributed by atoms with Gasteiger partial charge in [0.25, 0.3) is 5.91 Å². The van der Waals surface area contributed by atoms with E-state index in [0.717, 1.165) is 22.0 Å². The Morgan fingerprint density at radius 2 is 1.93 bits per heavy atom. The maximum atomic E-state index is 12.7. The van der Waals surface area contributed by atoms with Crippen LogP contribution in [0.1, 0.15) is 41.6 Å². The molecular weight excluding hydrogens is 459 g/mol. The van der Waals surface area contributed by atoms with Gasteiger partial charge in [0.15, 0.2) is 11.5 Å². The number of pyridine rings is 1. The highest BCUT2D eigenvalue weighted by Gasteiger charge is 2.19. The zero-order valence-corrected chi connectivity index (χ0v) is 17.6. The SMILES string of the molecule is COc1cc(I)c(C(=O)NCc2cccnc2OC2CCCC2)cc1OC. The van der Waals surface area contributed by atoms with Crippen LogP contribution >= 0.6 is 22.6 Å². The number of aromatic nitrogens is 1. The van der Waals surface area contributed by atoms with Crippen LogP contribution in [0.25, 0.3) is 0 Å². The van der Waals surface area contributed by atoms with Gasteiger partial charge in [-0.2, -0.15) is 0 Å². The molecule has 1 amide bonds. The summed E-state index contributed by atoms with van der Waals surface area (Å²) in [6.07, 6.45) is 6.45. The summed E-state index contributed by atoms with van der Waals surface area (Å²) in [7, 11) is 3.12. The van der Waals surface area contributed by atoms with Crippen molar-refractivity contribution in [2.24, 2.45) is 0 Å². The van der Waals surface area contributed by atoms with E-state index >= 15 is 0 Å². The minimum absolute atomic E-state index is 0.184. The van der Waals surface area contributed by atoms with Crippen molar-refractivity contribution in [1.29, 1.82) is 0 Å². The Kier molecular flexibility index (Phi) is 6.76. The standard InChI is InChI=1S/C20H23IN2O4/c1-25-17-10-15(16(21)11-18(17)26-2)19(24)23-12-13-6-5-9-22-20(13)27-14-7-3-4-8-14/h5-6,9-11,14H,3-4,7-8,12H2,1-2H3,(H,23,24). The quantitative estimate of drug-likeness (QED) is 0.606. The first-order chi connectivity index (χ1) is 13.1. The van der Waals surface area contributed by atoms with Gasteiger partial charge < -0.3 is 19.5 Å². The minimum atomic E-state index is -0.184. The number of carbonyl (C=O) groups is 1. The average Bonchev–Trinajstić information content (AvgIpc) is 3.19. The zero-order chi connectivity index (χ0) is 19.2. The van der Waals surface area contributed by atoms with E-state index in [4.69, 9.17) is 14.2 Å². The van der Waals surface area contributed by atoms with Crippen molar-refractivity contribution < 1.29 is 19.0 Å². The van der Waals surface area contributed by atoms with Crippen molar-refractivity contribution in [2.45, 2.75) is 38.3 Å². The van der Waals surface area contributed by atoms with Crippen LogP contribution in [0.2, 0.25) is 0 Å². The van der Waals surface area contributed by atoms with Crippen molar-refractivity contribution in [2.75, 3.05) is 14.2 Å². The predicted molar refractivity (Wildman–Crippen MR) is 111 cm³/mol. The van der Waals surface area contributed by atoms with Gasteiger partial charge in [0.05, 0.1) is 19.8 Å². The summed E-state index contributed by atoms with van der Waals surface area (Å²) in [6.45, 7) is 0.346. The molecule has 1 aliphatic rings. The fraction of sp³-hybridized carbons (Fsp3) is 0.400. The van der Waals surface area contributed by atoms with Gasteiger partial charge in [-0.3, -0.25) is 4.79 Å². The average molecular weight is 482 g/mol. The summed E-state index contributed by atoms with van der Waals surface area (Å²) in [6, 6.07) is 7.25. The van der Waals surface area contributed by atoms with E-state index in [9.17, 15) is 4.79 Å². The molecule has 1 aromatic carbocycles. The van der Waals surface area contributed by atoms with Crippen LogP contribution in [-0.4, -0.2) is 31.2 Å². The second-order valence-electron chi connectivity index (χ2n) is 6.36. The minimum Gasteiger partial charge on any atom is -0.493 e. The lowest BCUT2D eigenvalue weighted by Crippen LogP contribution is -2.24. The molecule has 0 unspecified atom stereocenters. The monoisotopic (exact) mass is 482 g/mol. The molecule has 27 heavy (non-hydrogen) atoms. The number of rotatable bonds is 7. The predicted octanol–water partition coefficient (Wildman–Crippen LogP) is 3.95. The van der Waals surface area contributed by atoms with E-state index in [-0.39, 0.29) is 12.0 Å². The summed E-state index contributed by atoms with van der Waals surface area (Å²) < 4.78 is 17.4. The normalized spacial score (nSPS) is 14.0. The van der Waals surface area contributed by atoms with Crippen LogP contribution in [0.3, 0.4) is 0 Å². The third-order valence-corrected chi connectivity index (χ3v) is 5.48. The van der Waals surface area contributed by atoms with Gasteiger partial charge in [0, 0.05) is 21.9 Å². The van der Waals surface area contributed by atoms with Crippen LogP contribution < -0.4 is 19.5 Å². The van der Waals surface area contributed by atoms with Gasteiger partial charge in [0.2, 0.25) is 5.88 Å². The lowest BCUT2D eigenvalue weighted by Gasteiger charge is -2.16. The molecule has 0 bridgehead atoms. The van der Waals surface area contributed by atoms with Crippen molar-refractivity contribution in [3.8, 4) is 17.4 Å². The van der Waals surface area contributed by atoms with Gasteiger partial charge in [-0.25, -0.2) is 4.98 Å². The number of carbonyl (C=O) groups excluding carboxylic acids is 1. The van der Waals surface area contributed by atoms with Crippen LogP contribution in [-0.2, 0) is 6.54 Å². The Balaban J connectivity index is 1.71. The second kappa shape index (κ2) is 9.25. The molecule has 1 aliphatic carbocycles. The number of methoxy groups -OCH3 is 2. The lowest BCUT2D eigenvalue weighted by molar-refractivity contribution is 0.0949. The number of hydrogen-bond acceptors (Lipinski definition) is 5. The van der Waals surface area contributed by atoms with Gasteiger partial charge in [-0.15, -0.1) is 0 Å². The van der Waals surface area contributed by atoms with Crippen molar-refractivity contribution in [3.05, 3.63) is 45.2 Å². The first kappa shape index (κ1) is 19.7. The fourth-order valence-electron chi connectivity index (χ4n) is 3.13. The molecule has 6 nitrogen and oxygen atoms in total. The van der Waals surface area contributed by atoms with Crippen molar-refractivity contribution in [3.63, 3.8) is 0 Å². The number of amides is 1. The first-order valence-electron chi connectivity index (χ1n) is 8.92. The molecule has 144 valence electrons. The van der Waals surface area contributed by atoms with E-state index in [0.29, 0.717) is 29.5 Å². The Labute approximate surface area is 172 Å². The molecule has 0 spiro atoms. The third kappa shape index (κ3) is 4.82. The molecule has 1 saturated carbocycles. The Morgan fingerprint density at radius 3 is 2.63 bits per heavy atom. The molecule has 1 N–H and O–H groups in total. The number of ether oxygens (including phenoxy) is 3. The van der Waals surface area contributed by atoms with Crippen LogP contribution in [0.5, 0.6) is 17.4 Å². The van der Waals surface area contributed by atoms with E-state index in [1.54, 1.807) is 32.5 Å². The third-order valence-electron chi connectivity index (χ3n) is 4.59. The molecule has 1 aromatic heterocycles. The van der Waals surface area contributed by atoms with Gasteiger partial charge in [0.1, 0.15) is 6.10 Å². The molecule has 7 heteroatoms. The molecule has 0 radical (unpaired) electrons. The van der Waals surface area contributed by atoms with E-state index in [1.165, 1.54) is 12.8 Å². The second-order valence-corrected chi connectivity index (χ2v) is 7.52. The highest BCUT2D eigenvalue weighted by Crippen LogP contribution is 2.31. The topological polar surface area (TPSA) is 69.7 Å². The maximum Gasteiger partial charge on any atom is 0.252 e. The van der Waals surface area contributed by atoms with Gasteiger partial charge in [-0.1, -0.05) is 6.07 Å². The van der Waals surface area contributed by atoms with Crippen LogP contribution in [0.4, 0.5) is 0 Å². The highest BCUT2D eigenvalue weighted by atomic mass is 127. The van der Waals surface area contributed by atoms with Crippen LogP contribution in [0.15, 0.2) is 30.5 Å². The summed E-state index contributed by atoms with van der Waals surface area (Å²) in [4.78, 5) is 17.0. The number of nitrogens with zero attached hydrogens (tertiary/aromatic N) is 1. The molecular formula is C20H23IN2O4. The molecule has 3 rings (SSSR count). The van der Waals surface area contributed by atoms with Crippen molar-refractivity contribution >= 4 is 28.5 Å². The summed E-state index contributed by atoms with van der Waals surface area (Å²) >= 11 is 2.12. The first-order valence-corrected chi connectivity index (χ1v) is 10.0. The van der Waals surface area contributed by atoms with Crippen LogP contribution in [0, 0.1) is 3.57 Å². The Morgan fingerprint density at radius 1 is 1.22 bits per heavy atom. The Hall–Kier alpha value is -2.03. The molecule has 2 aromatic rings. The fourth-order valence-corrected chi connectivity index (χ4v) is 3.81. The summed E-state index contributed by atoms with van der Waals surface area (Å²) in [5, 5.41) is 2.95. The van der Waals surface area contributed by atoms with E-state index < -0.39 is 0 Å². The molecule has 0 saturated heterocycles. The molecule has 0 atom stereocenters. The molecule has 0 aliphatic heterocycles. The molecule has 1 fully saturated rings. The number of benzene rings is 1. The summed E-state index contributed by atoms with van der Waals surface area (Å²) in [5.74, 6) is 1.54. The van der Waals surface area contributed by atoms with E-state index in [1.807, 2.05) is 12.1 Å². The maximum absolute atomic E-state index is 12.7. The Bertz CT molecular complexity index is 807. The van der Waals surface area contributed by atoms with Gasteiger partial charge >= 0.3 is 0 Å². The van der Waals surface area contributed by atoms with E-state index in [2.05, 4.69) is 32.9 Å². The van der Waals surface area contributed by atoms with Gasteiger partial charge in [-0.05, 0) is 66.5 Å². The smallest absolute Gasteiger partial charge is 0.252 e.